The molecule has 0 saturated heterocycles. The van der Waals surface area contributed by atoms with E-state index in [-0.39, 0.29) is 40.3 Å². The number of rotatable bonds is 3. The minimum Gasteiger partial charge on any atom is -0.506 e. The van der Waals surface area contributed by atoms with Gasteiger partial charge in [-0.05, 0) is 24.8 Å². The van der Waals surface area contributed by atoms with Crippen molar-refractivity contribution < 1.29 is 10.0 Å². The molecule has 0 radical (unpaired) electrons. The van der Waals surface area contributed by atoms with Gasteiger partial charge in [-0.15, -0.1) is 12.4 Å². The summed E-state index contributed by atoms with van der Waals surface area (Å²) in [5.41, 5.74) is 6.10. The van der Waals surface area contributed by atoms with E-state index in [4.69, 9.17) is 17.3 Å². The van der Waals surface area contributed by atoms with Gasteiger partial charge in [0, 0.05) is 12.1 Å². The van der Waals surface area contributed by atoms with Crippen LogP contribution in [0, 0.1) is 16.0 Å². The van der Waals surface area contributed by atoms with Crippen molar-refractivity contribution in [2.45, 2.75) is 31.7 Å². The van der Waals surface area contributed by atoms with Crippen LogP contribution in [-0.4, -0.2) is 10.0 Å². The van der Waals surface area contributed by atoms with Gasteiger partial charge in [-0.1, -0.05) is 24.4 Å². The molecular formula is C12H16Cl2N2O3. The van der Waals surface area contributed by atoms with Crippen molar-refractivity contribution in [3.05, 3.63) is 32.8 Å². The normalized spacial score (nSPS) is 16.9. The zero-order chi connectivity index (χ0) is 13.3. The predicted octanol–water partition coefficient (Wildman–Crippen LogP) is 3.57. The highest BCUT2D eigenvalue weighted by Gasteiger charge is 2.31. The number of nitrogens with zero attached hydrogens (tertiary/aromatic N) is 1. The number of halogens is 2. The van der Waals surface area contributed by atoms with E-state index in [2.05, 4.69) is 0 Å². The number of nitrogens with two attached hydrogens (primary N) is 1. The summed E-state index contributed by atoms with van der Waals surface area (Å²) in [4.78, 5) is 10.5. The van der Waals surface area contributed by atoms with Gasteiger partial charge in [-0.25, -0.2) is 0 Å². The van der Waals surface area contributed by atoms with Crippen molar-refractivity contribution in [2.75, 3.05) is 0 Å². The van der Waals surface area contributed by atoms with Crippen LogP contribution in [0.4, 0.5) is 5.69 Å². The van der Waals surface area contributed by atoms with Crippen LogP contribution in [0.15, 0.2) is 12.1 Å². The zero-order valence-electron chi connectivity index (χ0n) is 10.2. The van der Waals surface area contributed by atoms with Crippen molar-refractivity contribution in [3.8, 4) is 5.75 Å². The van der Waals surface area contributed by atoms with Crippen LogP contribution in [0.25, 0.3) is 0 Å². The Labute approximate surface area is 122 Å². The van der Waals surface area contributed by atoms with E-state index < -0.39 is 11.0 Å². The largest absolute Gasteiger partial charge is 0.506 e. The molecule has 0 aliphatic heterocycles. The Morgan fingerprint density at radius 1 is 1.42 bits per heavy atom. The molecule has 0 heterocycles. The van der Waals surface area contributed by atoms with Crippen LogP contribution in [0.5, 0.6) is 5.75 Å². The van der Waals surface area contributed by atoms with Gasteiger partial charge in [0.15, 0.2) is 0 Å². The summed E-state index contributed by atoms with van der Waals surface area (Å²) in [5.74, 6) is -0.0849. The van der Waals surface area contributed by atoms with Crippen LogP contribution >= 0.6 is 24.0 Å². The minimum atomic E-state index is -0.536. The third kappa shape index (κ3) is 3.11. The number of hydrogen-bond donors (Lipinski definition) is 2. The molecule has 19 heavy (non-hydrogen) atoms. The fourth-order valence-corrected chi connectivity index (χ4v) is 2.78. The Morgan fingerprint density at radius 3 is 2.53 bits per heavy atom. The number of nitro groups is 1. The Kier molecular flexibility index (Phi) is 5.40. The Hall–Kier alpha value is -1.04. The van der Waals surface area contributed by atoms with E-state index in [1.54, 1.807) is 0 Å². The first kappa shape index (κ1) is 16.0. The van der Waals surface area contributed by atoms with E-state index >= 15 is 0 Å². The average Bonchev–Trinajstić information content (AvgIpc) is 2.84. The molecule has 1 aromatic carbocycles. The molecule has 0 amide bonds. The van der Waals surface area contributed by atoms with Gasteiger partial charge in [-0.2, -0.15) is 0 Å². The smallest absolute Gasteiger partial charge is 0.278 e. The molecular weight excluding hydrogens is 291 g/mol. The van der Waals surface area contributed by atoms with Gasteiger partial charge in [0.1, 0.15) is 5.75 Å². The molecule has 1 fully saturated rings. The SMILES string of the molecule is Cl.N[C@@H](c1c([N+](=O)[O-])ccc(Cl)c1O)C1CCCC1. The molecule has 0 bridgehead atoms. The summed E-state index contributed by atoms with van der Waals surface area (Å²) < 4.78 is 0. The monoisotopic (exact) mass is 306 g/mol. The van der Waals surface area contributed by atoms with Crippen LogP contribution in [0.2, 0.25) is 5.02 Å². The van der Waals surface area contributed by atoms with E-state index in [0.717, 1.165) is 25.7 Å². The number of nitro benzene ring substituents is 1. The summed E-state index contributed by atoms with van der Waals surface area (Å²) in [6.07, 6.45) is 4.02. The van der Waals surface area contributed by atoms with E-state index in [1.807, 2.05) is 0 Å². The molecule has 0 aromatic heterocycles. The molecule has 1 saturated carbocycles. The van der Waals surface area contributed by atoms with Crippen molar-refractivity contribution >= 4 is 29.7 Å². The lowest BCUT2D eigenvalue weighted by atomic mass is 9.91. The quantitative estimate of drug-likeness (QED) is 0.660. The van der Waals surface area contributed by atoms with Gasteiger partial charge < -0.3 is 10.8 Å². The first-order valence-corrected chi connectivity index (χ1v) is 6.31. The maximum Gasteiger partial charge on any atom is 0.278 e. The molecule has 106 valence electrons. The lowest BCUT2D eigenvalue weighted by molar-refractivity contribution is -0.385. The first-order chi connectivity index (χ1) is 8.52. The average molecular weight is 307 g/mol. The molecule has 2 rings (SSSR count). The number of hydrogen-bond acceptors (Lipinski definition) is 4. The lowest BCUT2D eigenvalue weighted by Crippen LogP contribution is -2.20. The Balaban J connectivity index is 0.00000180. The van der Waals surface area contributed by atoms with E-state index in [9.17, 15) is 15.2 Å². The molecule has 0 spiro atoms. The van der Waals surface area contributed by atoms with Gasteiger partial charge in [0.25, 0.3) is 5.69 Å². The van der Waals surface area contributed by atoms with Crippen LogP contribution in [0.1, 0.15) is 37.3 Å². The van der Waals surface area contributed by atoms with Crippen molar-refractivity contribution in [2.24, 2.45) is 11.7 Å². The molecule has 1 aromatic rings. The highest BCUT2D eigenvalue weighted by atomic mass is 35.5. The highest BCUT2D eigenvalue weighted by Crippen LogP contribution is 2.43. The van der Waals surface area contributed by atoms with E-state index in [1.165, 1.54) is 12.1 Å². The molecule has 0 unspecified atom stereocenters. The van der Waals surface area contributed by atoms with Crippen LogP contribution in [-0.2, 0) is 0 Å². The third-order valence-electron chi connectivity index (χ3n) is 3.58. The number of aromatic hydroxyl groups is 1. The summed E-state index contributed by atoms with van der Waals surface area (Å²) in [7, 11) is 0. The van der Waals surface area contributed by atoms with Crippen molar-refractivity contribution in [1.29, 1.82) is 0 Å². The Bertz CT molecular complexity index is 476. The maximum absolute atomic E-state index is 11.0. The van der Waals surface area contributed by atoms with Gasteiger partial charge in [0.05, 0.1) is 15.5 Å². The van der Waals surface area contributed by atoms with Gasteiger partial charge in [-0.3, -0.25) is 10.1 Å². The second-order valence-electron chi connectivity index (χ2n) is 4.66. The molecule has 1 aliphatic rings. The summed E-state index contributed by atoms with van der Waals surface area (Å²) in [5, 5.41) is 21.0. The molecule has 1 aliphatic carbocycles. The number of phenolic OH excluding ortho intramolecular Hbond substituents is 1. The summed E-state index contributed by atoms with van der Waals surface area (Å²) >= 11 is 5.81. The lowest BCUT2D eigenvalue weighted by Gasteiger charge is -2.20. The second-order valence-corrected chi connectivity index (χ2v) is 5.06. The fourth-order valence-electron chi connectivity index (χ4n) is 2.61. The second kappa shape index (κ2) is 6.41. The Morgan fingerprint density at radius 2 is 2.00 bits per heavy atom. The fraction of sp³-hybridized carbons (Fsp3) is 0.500. The number of phenols is 1. The minimum absolute atomic E-state index is 0. The third-order valence-corrected chi connectivity index (χ3v) is 3.89. The predicted molar refractivity (Wildman–Crippen MR) is 75.9 cm³/mol. The first-order valence-electron chi connectivity index (χ1n) is 5.93. The molecule has 3 N–H and O–H groups in total. The van der Waals surface area contributed by atoms with Crippen molar-refractivity contribution in [3.63, 3.8) is 0 Å². The number of benzene rings is 1. The summed E-state index contributed by atoms with van der Waals surface area (Å²) in [6, 6.07) is 2.08. The van der Waals surface area contributed by atoms with Gasteiger partial charge in [0.2, 0.25) is 0 Å². The highest BCUT2D eigenvalue weighted by molar-refractivity contribution is 6.32. The van der Waals surface area contributed by atoms with Crippen molar-refractivity contribution in [1.82, 2.24) is 0 Å². The standard InChI is InChI=1S/C12H15ClN2O3.ClH/c13-8-5-6-9(15(17)18)10(12(8)16)11(14)7-3-1-2-4-7;/h5-7,11,16H,1-4,14H2;1H/t11-;/m1./s1. The topological polar surface area (TPSA) is 89.4 Å². The maximum atomic E-state index is 11.0. The molecule has 1 atom stereocenters. The zero-order valence-corrected chi connectivity index (χ0v) is 11.8. The van der Waals surface area contributed by atoms with E-state index in [0.29, 0.717) is 0 Å². The molecule has 7 heteroatoms. The summed E-state index contributed by atoms with van der Waals surface area (Å²) in [6.45, 7) is 0. The molecule has 5 nitrogen and oxygen atoms in total. The van der Waals surface area contributed by atoms with Crippen LogP contribution in [0.3, 0.4) is 0 Å². The van der Waals surface area contributed by atoms with Gasteiger partial charge >= 0.3 is 0 Å². The van der Waals surface area contributed by atoms with Crippen LogP contribution < -0.4 is 5.73 Å².